The maximum atomic E-state index is 13.8. The monoisotopic (exact) mass is 278 g/mol. The topological polar surface area (TPSA) is 24.5 Å². The van der Waals surface area contributed by atoms with E-state index in [0.29, 0.717) is 18.7 Å². The standard InChI is InChI=1S/C16H23FN2O/c1-18-11-12-8-13(17)10-14(9-12)19-6-7-20-16-5-3-2-4-15(16)19/h8-10,15-16,18H,2-7,11H2,1H3. The minimum atomic E-state index is -0.147. The Bertz CT molecular complexity index is 464. The molecule has 2 atom stereocenters. The van der Waals surface area contributed by atoms with Gasteiger partial charge in [0.15, 0.2) is 0 Å². The van der Waals surface area contributed by atoms with Crippen molar-refractivity contribution in [3.63, 3.8) is 0 Å². The second-order valence-corrected chi connectivity index (χ2v) is 5.80. The smallest absolute Gasteiger partial charge is 0.125 e. The first-order valence-electron chi connectivity index (χ1n) is 7.60. The predicted octanol–water partition coefficient (Wildman–Crippen LogP) is 2.69. The molecule has 0 amide bonds. The average molecular weight is 278 g/mol. The van der Waals surface area contributed by atoms with Gasteiger partial charge in [-0.05, 0) is 43.7 Å². The fourth-order valence-corrected chi connectivity index (χ4v) is 3.52. The molecule has 1 heterocycles. The molecule has 1 aliphatic carbocycles. The van der Waals surface area contributed by atoms with Gasteiger partial charge in [-0.25, -0.2) is 4.39 Å². The highest BCUT2D eigenvalue weighted by Crippen LogP contribution is 2.32. The Balaban J connectivity index is 1.86. The van der Waals surface area contributed by atoms with Crippen LogP contribution in [0.5, 0.6) is 0 Å². The number of anilines is 1. The van der Waals surface area contributed by atoms with E-state index in [1.165, 1.54) is 12.8 Å². The van der Waals surface area contributed by atoms with Gasteiger partial charge in [-0.3, -0.25) is 0 Å². The normalized spacial score (nSPS) is 26.4. The van der Waals surface area contributed by atoms with Crippen LogP contribution in [0.15, 0.2) is 18.2 Å². The van der Waals surface area contributed by atoms with Crippen molar-refractivity contribution in [2.75, 3.05) is 25.1 Å². The van der Waals surface area contributed by atoms with Crippen LogP contribution < -0.4 is 10.2 Å². The summed E-state index contributed by atoms with van der Waals surface area (Å²) >= 11 is 0. The third-order valence-electron chi connectivity index (χ3n) is 4.39. The zero-order valence-electron chi connectivity index (χ0n) is 12.1. The van der Waals surface area contributed by atoms with Crippen molar-refractivity contribution in [3.8, 4) is 0 Å². The van der Waals surface area contributed by atoms with Crippen molar-refractivity contribution in [1.82, 2.24) is 5.32 Å². The SMILES string of the molecule is CNCc1cc(F)cc(N2CCOC3CCCCC32)c1. The number of rotatable bonds is 3. The van der Waals surface area contributed by atoms with Crippen LogP contribution in [0, 0.1) is 5.82 Å². The molecule has 1 aromatic carbocycles. The van der Waals surface area contributed by atoms with Gasteiger partial charge >= 0.3 is 0 Å². The third kappa shape index (κ3) is 2.81. The number of ether oxygens (including phenoxy) is 1. The van der Waals surface area contributed by atoms with Gasteiger partial charge in [-0.1, -0.05) is 12.8 Å². The van der Waals surface area contributed by atoms with Gasteiger partial charge in [0.05, 0.1) is 18.8 Å². The largest absolute Gasteiger partial charge is 0.374 e. The van der Waals surface area contributed by atoms with E-state index >= 15 is 0 Å². The second-order valence-electron chi connectivity index (χ2n) is 5.80. The highest BCUT2D eigenvalue weighted by molar-refractivity contribution is 5.51. The summed E-state index contributed by atoms with van der Waals surface area (Å²) in [5, 5.41) is 3.09. The molecule has 1 saturated heterocycles. The van der Waals surface area contributed by atoms with E-state index in [1.54, 1.807) is 12.1 Å². The van der Waals surface area contributed by atoms with E-state index in [1.807, 2.05) is 7.05 Å². The molecular formula is C16H23FN2O. The molecule has 0 radical (unpaired) electrons. The van der Waals surface area contributed by atoms with Gasteiger partial charge in [-0.2, -0.15) is 0 Å². The second kappa shape index (κ2) is 6.10. The molecule has 20 heavy (non-hydrogen) atoms. The molecule has 1 aromatic rings. The van der Waals surface area contributed by atoms with Crippen LogP contribution in [-0.4, -0.2) is 32.3 Å². The minimum absolute atomic E-state index is 0.147. The molecule has 2 unspecified atom stereocenters. The number of nitrogens with zero attached hydrogens (tertiary/aromatic N) is 1. The van der Waals surface area contributed by atoms with Crippen LogP contribution in [0.25, 0.3) is 0 Å². The lowest BCUT2D eigenvalue weighted by molar-refractivity contribution is -0.00870. The highest BCUT2D eigenvalue weighted by atomic mass is 19.1. The molecule has 2 aliphatic rings. The van der Waals surface area contributed by atoms with Crippen molar-refractivity contribution in [1.29, 1.82) is 0 Å². The maximum Gasteiger partial charge on any atom is 0.125 e. The third-order valence-corrected chi connectivity index (χ3v) is 4.39. The van der Waals surface area contributed by atoms with Crippen LogP contribution in [0.3, 0.4) is 0 Å². The van der Waals surface area contributed by atoms with Gasteiger partial charge in [0.2, 0.25) is 0 Å². The van der Waals surface area contributed by atoms with E-state index in [9.17, 15) is 4.39 Å². The van der Waals surface area contributed by atoms with Crippen LogP contribution in [0.1, 0.15) is 31.2 Å². The number of fused-ring (bicyclic) bond motifs is 1. The fraction of sp³-hybridized carbons (Fsp3) is 0.625. The quantitative estimate of drug-likeness (QED) is 0.920. The molecule has 110 valence electrons. The Kier molecular flexibility index (Phi) is 4.22. The number of nitrogens with one attached hydrogen (secondary N) is 1. The van der Waals surface area contributed by atoms with Crippen LogP contribution >= 0.6 is 0 Å². The lowest BCUT2D eigenvalue weighted by Gasteiger charge is -2.45. The summed E-state index contributed by atoms with van der Waals surface area (Å²) in [5.41, 5.74) is 2.01. The summed E-state index contributed by atoms with van der Waals surface area (Å²) < 4.78 is 19.7. The Labute approximate surface area is 120 Å². The van der Waals surface area contributed by atoms with Gasteiger partial charge in [0.25, 0.3) is 0 Å². The molecule has 3 nitrogen and oxygen atoms in total. The number of benzene rings is 1. The minimum Gasteiger partial charge on any atom is -0.374 e. The van der Waals surface area contributed by atoms with Gasteiger partial charge in [0.1, 0.15) is 5.82 Å². The van der Waals surface area contributed by atoms with Crippen LogP contribution in [0.2, 0.25) is 0 Å². The number of morpholine rings is 1. The van der Waals surface area contributed by atoms with Crippen LogP contribution in [-0.2, 0) is 11.3 Å². The summed E-state index contributed by atoms with van der Waals surface area (Å²) in [7, 11) is 1.89. The van der Waals surface area contributed by atoms with Crippen molar-refractivity contribution in [2.24, 2.45) is 0 Å². The first-order valence-corrected chi connectivity index (χ1v) is 7.60. The van der Waals surface area contributed by atoms with Gasteiger partial charge in [0, 0.05) is 18.8 Å². The van der Waals surface area contributed by atoms with E-state index < -0.39 is 0 Å². The zero-order valence-corrected chi connectivity index (χ0v) is 12.1. The zero-order chi connectivity index (χ0) is 13.9. The van der Waals surface area contributed by atoms with Crippen molar-refractivity contribution >= 4 is 5.69 Å². The van der Waals surface area contributed by atoms with E-state index in [4.69, 9.17) is 4.74 Å². The molecule has 3 rings (SSSR count). The Morgan fingerprint density at radius 2 is 2.15 bits per heavy atom. The first-order chi connectivity index (χ1) is 9.78. The van der Waals surface area contributed by atoms with Gasteiger partial charge in [-0.15, -0.1) is 0 Å². The summed E-state index contributed by atoms with van der Waals surface area (Å²) in [5.74, 6) is -0.147. The Hall–Kier alpha value is -1.13. The molecule has 1 N–H and O–H groups in total. The fourth-order valence-electron chi connectivity index (χ4n) is 3.52. The lowest BCUT2D eigenvalue weighted by Crippen LogP contribution is -2.52. The molecular weight excluding hydrogens is 255 g/mol. The Morgan fingerprint density at radius 3 is 3.00 bits per heavy atom. The van der Waals surface area contributed by atoms with Crippen molar-refractivity contribution < 1.29 is 9.13 Å². The molecule has 2 fully saturated rings. The molecule has 1 saturated carbocycles. The molecule has 0 spiro atoms. The van der Waals surface area contributed by atoms with E-state index in [2.05, 4.69) is 16.3 Å². The first kappa shape index (κ1) is 13.8. The maximum absolute atomic E-state index is 13.8. The lowest BCUT2D eigenvalue weighted by atomic mass is 9.89. The number of hydrogen-bond acceptors (Lipinski definition) is 3. The molecule has 0 aromatic heterocycles. The van der Waals surface area contributed by atoms with Crippen LogP contribution in [0.4, 0.5) is 10.1 Å². The molecule has 4 heteroatoms. The average Bonchev–Trinajstić information content (AvgIpc) is 2.46. The van der Waals surface area contributed by atoms with Crippen molar-refractivity contribution in [2.45, 2.75) is 44.4 Å². The van der Waals surface area contributed by atoms with Gasteiger partial charge < -0.3 is 15.0 Å². The van der Waals surface area contributed by atoms with E-state index in [-0.39, 0.29) is 5.82 Å². The molecule has 1 aliphatic heterocycles. The summed E-state index contributed by atoms with van der Waals surface area (Å²) in [6.07, 6.45) is 5.12. The number of halogens is 1. The molecule has 0 bridgehead atoms. The number of hydrogen-bond donors (Lipinski definition) is 1. The summed E-state index contributed by atoms with van der Waals surface area (Å²) in [4.78, 5) is 2.36. The highest BCUT2D eigenvalue weighted by Gasteiger charge is 2.34. The predicted molar refractivity (Wildman–Crippen MR) is 78.5 cm³/mol. The summed E-state index contributed by atoms with van der Waals surface area (Å²) in [6, 6.07) is 5.80. The van der Waals surface area contributed by atoms with E-state index in [0.717, 1.165) is 37.2 Å². The summed E-state index contributed by atoms with van der Waals surface area (Å²) in [6.45, 7) is 2.31. The Morgan fingerprint density at radius 1 is 1.30 bits per heavy atom. The van der Waals surface area contributed by atoms with Crippen molar-refractivity contribution in [3.05, 3.63) is 29.6 Å².